The second-order valence-corrected chi connectivity index (χ2v) is 5.70. The SMILES string of the molecule is CCCOc1cccc(CC(=O)NC2CCCCC2O)c1. The number of hydrogen-bond donors (Lipinski definition) is 2. The highest BCUT2D eigenvalue weighted by atomic mass is 16.5. The predicted octanol–water partition coefficient (Wildman–Crippen LogP) is 2.44. The summed E-state index contributed by atoms with van der Waals surface area (Å²) in [5.41, 5.74) is 0.936. The summed E-state index contributed by atoms with van der Waals surface area (Å²) < 4.78 is 5.57. The van der Waals surface area contributed by atoms with Gasteiger partial charge in [-0.15, -0.1) is 0 Å². The number of carbonyl (C=O) groups excluding carboxylic acids is 1. The van der Waals surface area contributed by atoms with E-state index in [2.05, 4.69) is 12.2 Å². The van der Waals surface area contributed by atoms with Crippen molar-refractivity contribution in [2.24, 2.45) is 0 Å². The third kappa shape index (κ3) is 5.05. The summed E-state index contributed by atoms with van der Waals surface area (Å²) in [6, 6.07) is 7.55. The molecule has 0 radical (unpaired) electrons. The van der Waals surface area contributed by atoms with E-state index in [0.29, 0.717) is 13.0 Å². The third-order valence-electron chi connectivity index (χ3n) is 3.81. The van der Waals surface area contributed by atoms with Crippen LogP contribution in [0.15, 0.2) is 24.3 Å². The van der Waals surface area contributed by atoms with Gasteiger partial charge in [0, 0.05) is 0 Å². The van der Waals surface area contributed by atoms with Crippen molar-refractivity contribution in [3.05, 3.63) is 29.8 Å². The van der Waals surface area contributed by atoms with Gasteiger partial charge in [0.15, 0.2) is 0 Å². The van der Waals surface area contributed by atoms with Crippen molar-refractivity contribution in [2.45, 2.75) is 57.6 Å². The molecule has 0 spiro atoms. The van der Waals surface area contributed by atoms with E-state index < -0.39 is 6.10 Å². The first-order valence-corrected chi connectivity index (χ1v) is 7.88. The second-order valence-electron chi connectivity index (χ2n) is 5.70. The predicted molar refractivity (Wildman–Crippen MR) is 82.3 cm³/mol. The van der Waals surface area contributed by atoms with E-state index in [1.165, 1.54) is 0 Å². The molecule has 1 aromatic carbocycles. The molecule has 1 aromatic rings. The summed E-state index contributed by atoms with van der Waals surface area (Å²) in [6.07, 6.45) is 4.66. The Labute approximate surface area is 126 Å². The topological polar surface area (TPSA) is 58.6 Å². The fourth-order valence-electron chi connectivity index (χ4n) is 2.69. The number of ether oxygens (including phenoxy) is 1. The Bertz CT molecular complexity index is 461. The lowest BCUT2D eigenvalue weighted by molar-refractivity contribution is -0.122. The van der Waals surface area contributed by atoms with Crippen LogP contribution in [0.1, 0.15) is 44.6 Å². The lowest BCUT2D eigenvalue weighted by Gasteiger charge is -2.28. The van der Waals surface area contributed by atoms with Crippen LogP contribution in [-0.4, -0.2) is 29.8 Å². The number of rotatable bonds is 6. The van der Waals surface area contributed by atoms with Gasteiger partial charge in [0.25, 0.3) is 0 Å². The molecule has 0 bridgehead atoms. The maximum Gasteiger partial charge on any atom is 0.224 e. The Hall–Kier alpha value is -1.55. The fraction of sp³-hybridized carbons (Fsp3) is 0.588. The highest BCUT2D eigenvalue weighted by Gasteiger charge is 2.24. The van der Waals surface area contributed by atoms with Crippen molar-refractivity contribution >= 4 is 5.91 Å². The lowest BCUT2D eigenvalue weighted by atomic mass is 9.92. The van der Waals surface area contributed by atoms with Crippen molar-refractivity contribution in [2.75, 3.05) is 6.61 Å². The first-order valence-electron chi connectivity index (χ1n) is 7.88. The zero-order valence-corrected chi connectivity index (χ0v) is 12.7. The molecule has 116 valence electrons. The number of aliphatic hydroxyl groups is 1. The zero-order valence-electron chi connectivity index (χ0n) is 12.7. The summed E-state index contributed by atoms with van der Waals surface area (Å²) in [5.74, 6) is 0.772. The largest absolute Gasteiger partial charge is 0.494 e. The smallest absolute Gasteiger partial charge is 0.224 e. The summed E-state index contributed by atoms with van der Waals surface area (Å²) in [7, 11) is 0. The number of amides is 1. The van der Waals surface area contributed by atoms with Crippen LogP contribution in [0.25, 0.3) is 0 Å². The Morgan fingerprint density at radius 3 is 2.95 bits per heavy atom. The molecule has 2 rings (SSSR count). The number of carbonyl (C=O) groups is 1. The van der Waals surface area contributed by atoms with Crippen LogP contribution in [0.2, 0.25) is 0 Å². The summed E-state index contributed by atoms with van der Waals surface area (Å²) >= 11 is 0. The van der Waals surface area contributed by atoms with Crippen LogP contribution >= 0.6 is 0 Å². The van der Waals surface area contributed by atoms with E-state index in [-0.39, 0.29) is 11.9 Å². The van der Waals surface area contributed by atoms with Crippen molar-refractivity contribution in [3.63, 3.8) is 0 Å². The van der Waals surface area contributed by atoms with Crippen LogP contribution in [-0.2, 0) is 11.2 Å². The molecule has 0 aromatic heterocycles. The quantitative estimate of drug-likeness (QED) is 0.846. The number of nitrogens with one attached hydrogen (secondary N) is 1. The van der Waals surface area contributed by atoms with Crippen molar-refractivity contribution < 1.29 is 14.6 Å². The second kappa shape index (κ2) is 8.03. The highest BCUT2D eigenvalue weighted by Crippen LogP contribution is 2.19. The molecule has 21 heavy (non-hydrogen) atoms. The Kier molecular flexibility index (Phi) is 6.05. The van der Waals surface area contributed by atoms with Crippen LogP contribution in [0.4, 0.5) is 0 Å². The van der Waals surface area contributed by atoms with Gasteiger partial charge in [-0.05, 0) is 37.0 Å². The molecule has 0 aliphatic heterocycles. The van der Waals surface area contributed by atoms with Gasteiger partial charge < -0.3 is 15.2 Å². The average Bonchev–Trinajstić information content (AvgIpc) is 2.48. The van der Waals surface area contributed by atoms with Gasteiger partial charge in [-0.1, -0.05) is 31.9 Å². The summed E-state index contributed by atoms with van der Waals surface area (Å²) in [5, 5.41) is 12.8. The number of hydrogen-bond acceptors (Lipinski definition) is 3. The standard InChI is InChI=1S/C17H25NO3/c1-2-10-21-14-7-5-6-13(11-14)12-17(20)18-15-8-3-4-9-16(15)19/h5-7,11,15-16,19H,2-4,8-10,12H2,1H3,(H,18,20). The minimum atomic E-state index is -0.401. The highest BCUT2D eigenvalue weighted by molar-refractivity contribution is 5.79. The first kappa shape index (κ1) is 15.8. The van der Waals surface area contributed by atoms with E-state index >= 15 is 0 Å². The van der Waals surface area contributed by atoms with Crippen molar-refractivity contribution in [3.8, 4) is 5.75 Å². The molecule has 0 heterocycles. The van der Waals surface area contributed by atoms with Gasteiger partial charge in [0.1, 0.15) is 5.75 Å². The minimum Gasteiger partial charge on any atom is -0.494 e. The molecule has 0 saturated heterocycles. The molecule has 1 amide bonds. The van der Waals surface area contributed by atoms with Crippen LogP contribution in [0.5, 0.6) is 5.75 Å². The molecular formula is C17H25NO3. The Morgan fingerprint density at radius 2 is 2.19 bits per heavy atom. The molecule has 4 nitrogen and oxygen atoms in total. The van der Waals surface area contributed by atoms with Gasteiger partial charge in [-0.2, -0.15) is 0 Å². The normalized spacial score (nSPS) is 21.8. The molecule has 2 unspecified atom stereocenters. The minimum absolute atomic E-state index is 0.0337. The van der Waals surface area contributed by atoms with E-state index in [1.807, 2.05) is 24.3 Å². The average molecular weight is 291 g/mol. The van der Waals surface area contributed by atoms with Gasteiger partial charge in [0.2, 0.25) is 5.91 Å². The molecule has 2 N–H and O–H groups in total. The Morgan fingerprint density at radius 1 is 1.38 bits per heavy atom. The van der Waals surface area contributed by atoms with Gasteiger partial charge >= 0.3 is 0 Å². The van der Waals surface area contributed by atoms with Crippen molar-refractivity contribution in [1.82, 2.24) is 5.32 Å². The van der Waals surface area contributed by atoms with Gasteiger partial charge in [-0.25, -0.2) is 0 Å². The fourth-order valence-corrected chi connectivity index (χ4v) is 2.69. The van der Waals surface area contributed by atoms with E-state index in [4.69, 9.17) is 4.74 Å². The van der Waals surface area contributed by atoms with E-state index in [1.54, 1.807) is 0 Å². The lowest BCUT2D eigenvalue weighted by Crippen LogP contribution is -2.45. The van der Waals surface area contributed by atoms with E-state index in [0.717, 1.165) is 43.4 Å². The first-order chi connectivity index (χ1) is 10.2. The maximum atomic E-state index is 12.1. The Balaban J connectivity index is 1.87. The molecule has 1 fully saturated rings. The number of benzene rings is 1. The summed E-state index contributed by atoms with van der Waals surface area (Å²) in [4.78, 5) is 12.1. The molecule has 1 aliphatic carbocycles. The molecule has 1 aliphatic rings. The molecule has 2 atom stereocenters. The third-order valence-corrected chi connectivity index (χ3v) is 3.81. The monoisotopic (exact) mass is 291 g/mol. The number of aliphatic hydroxyl groups excluding tert-OH is 1. The zero-order chi connectivity index (χ0) is 15.1. The molecule has 4 heteroatoms. The molecular weight excluding hydrogens is 266 g/mol. The van der Waals surface area contributed by atoms with Gasteiger partial charge in [-0.3, -0.25) is 4.79 Å². The van der Waals surface area contributed by atoms with E-state index in [9.17, 15) is 9.90 Å². The molecule has 1 saturated carbocycles. The van der Waals surface area contributed by atoms with Crippen LogP contribution < -0.4 is 10.1 Å². The maximum absolute atomic E-state index is 12.1. The van der Waals surface area contributed by atoms with Crippen LogP contribution in [0.3, 0.4) is 0 Å². The van der Waals surface area contributed by atoms with Crippen molar-refractivity contribution in [1.29, 1.82) is 0 Å². The summed E-state index contributed by atoms with van der Waals surface area (Å²) in [6.45, 7) is 2.75. The van der Waals surface area contributed by atoms with Gasteiger partial charge in [0.05, 0.1) is 25.2 Å². The van der Waals surface area contributed by atoms with Crippen LogP contribution in [0, 0.1) is 0 Å².